The highest BCUT2D eigenvalue weighted by atomic mass is 16.3. The molecule has 1 aliphatic rings. The van der Waals surface area contributed by atoms with E-state index in [1.165, 1.54) is 0 Å². The molecule has 1 fully saturated rings. The fraction of sp³-hybridized carbons (Fsp3) is 0.909. The van der Waals surface area contributed by atoms with Crippen LogP contribution in [0.1, 0.15) is 33.1 Å². The van der Waals surface area contributed by atoms with Gasteiger partial charge in [-0.05, 0) is 32.1 Å². The number of carbonyl (C=O) groups excluding carboxylic acids is 1. The van der Waals surface area contributed by atoms with Crippen LogP contribution in [0, 0.1) is 11.8 Å². The van der Waals surface area contributed by atoms with Gasteiger partial charge in [-0.25, -0.2) is 0 Å². The van der Waals surface area contributed by atoms with Crippen molar-refractivity contribution in [3.8, 4) is 0 Å². The number of rotatable bonds is 4. The zero-order valence-corrected chi connectivity index (χ0v) is 9.57. The van der Waals surface area contributed by atoms with Gasteiger partial charge in [-0.1, -0.05) is 6.92 Å². The molecule has 4 heteroatoms. The van der Waals surface area contributed by atoms with E-state index < -0.39 is 0 Å². The van der Waals surface area contributed by atoms with Crippen molar-refractivity contribution in [2.45, 2.75) is 45.3 Å². The Morgan fingerprint density at radius 3 is 2.67 bits per heavy atom. The normalized spacial score (nSPS) is 29.9. The van der Waals surface area contributed by atoms with Gasteiger partial charge < -0.3 is 16.2 Å². The third-order valence-electron chi connectivity index (χ3n) is 3.28. The van der Waals surface area contributed by atoms with Crippen LogP contribution in [0.15, 0.2) is 0 Å². The van der Waals surface area contributed by atoms with E-state index in [-0.39, 0.29) is 24.0 Å². The molecule has 1 rings (SSSR count). The summed E-state index contributed by atoms with van der Waals surface area (Å²) >= 11 is 0. The van der Waals surface area contributed by atoms with E-state index in [1.54, 1.807) is 0 Å². The summed E-state index contributed by atoms with van der Waals surface area (Å²) in [7, 11) is 0. The molecule has 0 saturated heterocycles. The van der Waals surface area contributed by atoms with E-state index in [0.717, 1.165) is 19.3 Å². The molecule has 1 aliphatic carbocycles. The van der Waals surface area contributed by atoms with Gasteiger partial charge in [0.25, 0.3) is 0 Å². The lowest BCUT2D eigenvalue weighted by Gasteiger charge is -2.17. The van der Waals surface area contributed by atoms with Crippen LogP contribution in [0.2, 0.25) is 0 Å². The van der Waals surface area contributed by atoms with E-state index in [2.05, 4.69) is 5.32 Å². The predicted octanol–water partition coefficient (Wildman–Crippen LogP) is 0.247. The molecule has 1 saturated carbocycles. The lowest BCUT2D eigenvalue weighted by molar-refractivity contribution is -0.125. The van der Waals surface area contributed by atoms with E-state index in [4.69, 9.17) is 5.73 Å². The molecule has 4 atom stereocenters. The zero-order valence-electron chi connectivity index (χ0n) is 9.57. The summed E-state index contributed by atoms with van der Waals surface area (Å²) in [4.78, 5) is 11.6. The highest BCUT2D eigenvalue weighted by molar-refractivity contribution is 5.78. The maximum Gasteiger partial charge on any atom is 0.224 e. The van der Waals surface area contributed by atoms with Crippen LogP contribution < -0.4 is 11.1 Å². The lowest BCUT2D eigenvalue weighted by Crippen LogP contribution is -2.40. The van der Waals surface area contributed by atoms with Crippen molar-refractivity contribution in [2.75, 3.05) is 6.54 Å². The molecule has 0 spiro atoms. The smallest absolute Gasteiger partial charge is 0.224 e. The lowest BCUT2D eigenvalue weighted by atomic mass is 10.0. The molecule has 0 aliphatic heterocycles. The molecular formula is C11H22N2O2. The van der Waals surface area contributed by atoms with Crippen molar-refractivity contribution in [3.05, 3.63) is 0 Å². The van der Waals surface area contributed by atoms with Gasteiger partial charge in [0.15, 0.2) is 0 Å². The Hall–Kier alpha value is -0.610. The summed E-state index contributed by atoms with van der Waals surface area (Å²) in [6, 6.07) is -0.112. The number of aliphatic hydroxyl groups is 1. The molecule has 4 unspecified atom stereocenters. The second kappa shape index (κ2) is 5.47. The Labute approximate surface area is 91.2 Å². The van der Waals surface area contributed by atoms with Crippen molar-refractivity contribution < 1.29 is 9.90 Å². The Kier molecular flexibility index (Phi) is 4.54. The van der Waals surface area contributed by atoms with Crippen molar-refractivity contribution in [2.24, 2.45) is 17.6 Å². The van der Waals surface area contributed by atoms with Gasteiger partial charge in [-0.3, -0.25) is 4.79 Å². The molecule has 1 amide bonds. The van der Waals surface area contributed by atoms with Gasteiger partial charge in [0.05, 0.1) is 6.10 Å². The van der Waals surface area contributed by atoms with Gasteiger partial charge in [-0.2, -0.15) is 0 Å². The first-order valence-corrected chi connectivity index (χ1v) is 5.72. The summed E-state index contributed by atoms with van der Waals surface area (Å²) in [6.45, 7) is 4.35. The monoisotopic (exact) mass is 214 g/mol. The quantitative estimate of drug-likeness (QED) is 0.628. The van der Waals surface area contributed by atoms with Gasteiger partial charge >= 0.3 is 0 Å². The fourth-order valence-corrected chi connectivity index (χ4v) is 1.88. The van der Waals surface area contributed by atoms with Crippen molar-refractivity contribution in [1.82, 2.24) is 5.32 Å². The zero-order chi connectivity index (χ0) is 11.4. The van der Waals surface area contributed by atoms with Crippen molar-refractivity contribution >= 4 is 5.91 Å². The van der Waals surface area contributed by atoms with Crippen LogP contribution in [0.25, 0.3) is 0 Å². The maximum absolute atomic E-state index is 11.6. The van der Waals surface area contributed by atoms with Crippen molar-refractivity contribution in [1.29, 1.82) is 0 Å². The SMILES string of the molecule is CC(N)C(C)C(=O)NCC1CCC(O)C1. The van der Waals surface area contributed by atoms with Crippen LogP contribution in [0.3, 0.4) is 0 Å². The summed E-state index contributed by atoms with van der Waals surface area (Å²) in [6.07, 6.45) is 2.52. The number of nitrogens with two attached hydrogens (primary N) is 1. The topological polar surface area (TPSA) is 75.4 Å². The average molecular weight is 214 g/mol. The van der Waals surface area contributed by atoms with E-state index >= 15 is 0 Å². The summed E-state index contributed by atoms with van der Waals surface area (Å²) in [5.74, 6) is 0.312. The van der Waals surface area contributed by atoms with Crippen LogP contribution >= 0.6 is 0 Å². The number of nitrogens with one attached hydrogen (secondary N) is 1. The number of aliphatic hydroxyl groups excluding tert-OH is 1. The summed E-state index contributed by atoms with van der Waals surface area (Å²) in [5.41, 5.74) is 5.64. The number of hydrogen-bond donors (Lipinski definition) is 3. The number of amides is 1. The van der Waals surface area contributed by atoms with Gasteiger partial charge in [-0.15, -0.1) is 0 Å². The second-order valence-electron chi connectivity index (χ2n) is 4.73. The van der Waals surface area contributed by atoms with Gasteiger partial charge in [0.1, 0.15) is 0 Å². The van der Waals surface area contributed by atoms with Crippen LogP contribution in [0.4, 0.5) is 0 Å². The summed E-state index contributed by atoms with van der Waals surface area (Å²) in [5, 5.41) is 12.2. The molecular weight excluding hydrogens is 192 g/mol. The Balaban J connectivity index is 2.22. The molecule has 0 aromatic heterocycles. The van der Waals surface area contributed by atoms with Crippen molar-refractivity contribution in [3.63, 3.8) is 0 Å². The maximum atomic E-state index is 11.6. The molecule has 0 aromatic rings. The van der Waals surface area contributed by atoms with Crippen LogP contribution in [0.5, 0.6) is 0 Å². The molecule has 0 aromatic carbocycles. The van der Waals surface area contributed by atoms with Gasteiger partial charge in [0.2, 0.25) is 5.91 Å². The molecule has 0 radical (unpaired) electrons. The first kappa shape index (κ1) is 12.5. The fourth-order valence-electron chi connectivity index (χ4n) is 1.88. The summed E-state index contributed by atoms with van der Waals surface area (Å²) < 4.78 is 0. The standard InChI is InChI=1S/C11H22N2O2/c1-7(8(2)12)11(15)13-6-9-3-4-10(14)5-9/h7-10,14H,3-6,12H2,1-2H3,(H,13,15). The van der Waals surface area contributed by atoms with E-state index in [0.29, 0.717) is 12.5 Å². The molecule has 4 N–H and O–H groups in total. The predicted molar refractivity (Wildman–Crippen MR) is 59.2 cm³/mol. The van der Waals surface area contributed by atoms with Crippen LogP contribution in [-0.4, -0.2) is 29.7 Å². The molecule has 0 heterocycles. The highest BCUT2D eigenvalue weighted by Gasteiger charge is 2.24. The first-order valence-electron chi connectivity index (χ1n) is 5.72. The third-order valence-corrected chi connectivity index (χ3v) is 3.28. The average Bonchev–Trinajstić information content (AvgIpc) is 2.59. The first-order chi connectivity index (χ1) is 7.00. The minimum absolute atomic E-state index is 0.0198. The molecule has 15 heavy (non-hydrogen) atoms. The van der Waals surface area contributed by atoms with Gasteiger partial charge in [0, 0.05) is 18.5 Å². The van der Waals surface area contributed by atoms with E-state index in [1.807, 2.05) is 13.8 Å². The largest absolute Gasteiger partial charge is 0.393 e. The van der Waals surface area contributed by atoms with E-state index in [9.17, 15) is 9.90 Å². The minimum atomic E-state index is -0.169. The highest BCUT2D eigenvalue weighted by Crippen LogP contribution is 2.24. The minimum Gasteiger partial charge on any atom is -0.393 e. The second-order valence-corrected chi connectivity index (χ2v) is 4.73. The molecule has 88 valence electrons. The Morgan fingerprint density at radius 1 is 1.53 bits per heavy atom. The number of carbonyl (C=O) groups is 1. The molecule has 0 bridgehead atoms. The Morgan fingerprint density at radius 2 is 2.20 bits per heavy atom. The Bertz CT molecular complexity index is 219. The molecule has 4 nitrogen and oxygen atoms in total. The van der Waals surface area contributed by atoms with Crippen LogP contribution in [-0.2, 0) is 4.79 Å². The number of hydrogen-bond acceptors (Lipinski definition) is 3. The third kappa shape index (κ3) is 3.80.